The Morgan fingerprint density at radius 2 is 1.20 bits per heavy atom. The van der Waals surface area contributed by atoms with Gasteiger partial charge in [-0.15, -0.1) is 0 Å². The topological polar surface area (TPSA) is 3.24 Å². The molecule has 5 aromatic rings. The van der Waals surface area contributed by atoms with Crippen molar-refractivity contribution in [3.63, 3.8) is 0 Å². The molecule has 0 aliphatic heterocycles. The normalized spacial score (nSPS) is 16.5. The largest absolute Gasteiger partial charge is 0.310 e. The maximum absolute atomic E-state index is 2.40. The number of hydrogen-bond acceptors (Lipinski definition) is 1. The molecule has 0 radical (unpaired) electrons. The Morgan fingerprint density at radius 1 is 0.659 bits per heavy atom. The molecule has 0 aromatic heterocycles. The zero-order valence-corrected chi connectivity index (χ0v) is 26.4. The first-order chi connectivity index (χ1) is 21.5. The molecule has 1 heteroatoms. The summed E-state index contributed by atoms with van der Waals surface area (Å²) in [6.45, 7) is 9.32. The Bertz CT molecular complexity index is 1690. The van der Waals surface area contributed by atoms with Crippen LogP contribution in [0.2, 0.25) is 0 Å². The van der Waals surface area contributed by atoms with Crippen molar-refractivity contribution in [2.24, 2.45) is 5.92 Å². The van der Waals surface area contributed by atoms with Crippen LogP contribution >= 0.6 is 0 Å². The molecule has 0 fully saturated rings. The number of anilines is 3. The van der Waals surface area contributed by atoms with E-state index in [1.807, 2.05) is 0 Å². The Balaban J connectivity index is 0.000000182. The van der Waals surface area contributed by atoms with Gasteiger partial charge in [0, 0.05) is 22.5 Å². The van der Waals surface area contributed by atoms with Crippen LogP contribution in [-0.2, 0) is 11.8 Å². The van der Waals surface area contributed by atoms with E-state index in [-0.39, 0.29) is 5.41 Å². The molecule has 0 spiro atoms. The number of rotatable bonds is 7. The van der Waals surface area contributed by atoms with E-state index in [9.17, 15) is 0 Å². The lowest BCUT2D eigenvalue weighted by atomic mass is 9.77. The first kappa shape index (κ1) is 29.5. The Kier molecular flexibility index (Phi) is 8.66. The third kappa shape index (κ3) is 5.92. The van der Waals surface area contributed by atoms with Crippen LogP contribution in [0.25, 0.3) is 5.57 Å². The molecule has 2 aliphatic rings. The van der Waals surface area contributed by atoms with Crippen molar-refractivity contribution in [2.45, 2.75) is 51.9 Å². The molecule has 0 amide bonds. The van der Waals surface area contributed by atoms with Gasteiger partial charge in [0.1, 0.15) is 0 Å². The minimum Gasteiger partial charge on any atom is -0.310 e. The lowest BCUT2D eigenvalue weighted by Gasteiger charge is -2.30. The summed E-state index contributed by atoms with van der Waals surface area (Å²) < 4.78 is 0. The molecule has 220 valence electrons. The van der Waals surface area contributed by atoms with E-state index in [2.05, 4.69) is 184 Å². The maximum Gasteiger partial charge on any atom is 0.0465 e. The van der Waals surface area contributed by atoms with Crippen LogP contribution in [0.3, 0.4) is 0 Å². The molecule has 2 atom stereocenters. The zero-order valence-electron chi connectivity index (χ0n) is 26.4. The number of para-hydroxylation sites is 2. The predicted molar refractivity (Wildman–Crippen MR) is 189 cm³/mol. The van der Waals surface area contributed by atoms with Gasteiger partial charge in [-0.3, -0.25) is 0 Å². The summed E-state index contributed by atoms with van der Waals surface area (Å²) >= 11 is 0. The third-order valence-corrected chi connectivity index (χ3v) is 9.31. The Hall–Kier alpha value is -4.62. The number of fused-ring (bicyclic) bond motifs is 2. The molecule has 0 saturated carbocycles. The van der Waals surface area contributed by atoms with Crippen LogP contribution in [0.4, 0.5) is 17.1 Å². The standard InChI is InChI=1S/C27H25N.C16H18/c1-19-14-16-24-23-17-15-22(18-25(23)27(2,3)26(19)24)28(20-10-6-4-7-11-20)21-12-8-5-9-13-21;1-2-15(16-11-7-4-8-12-16)13-14-9-5-3-6-10-14/h4-19H,1-3H3;3-12,15H,2,13H2,1H3/t;15-/m.0/s1. The van der Waals surface area contributed by atoms with Gasteiger partial charge in [-0.1, -0.05) is 143 Å². The lowest BCUT2D eigenvalue weighted by molar-refractivity contribution is 0.582. The highest BCUT2D eigenvalue weighted by molar-refractivity contribution is 5.90. The fourth-order valence-corrected chi connectivity index (χ4v) is 7.10. The zero-order chi connectivity index (χ0) is 30.5. The van der Waals surface area contributed by atoms with Gasteiger partial charge in [0.15, 0.2) is 0 Å². The summed E-state index contributed by atoms with van der Waals surface area (Å²) in [5, 5.41) is 0. The predicted octanol–water partition coefficient (Wildman–Crippen LogP) is 11.8. The second-order valence-electron chi connectivity index (χ2n) is 12.5. The van der Waals surface area contributed by atoms with Crippen LogP contribution in [0, 0.1) is 5.92 Å². The van der Waals surface area contributed by atoms with Gasteiger partial charge in [0.05, 0.1) is 0 Å². The van der Waals surface area contributed by atoms with E-state index >= 15 is 0 Å². The van der Waals surface area contributed by atoms with Crippen molar-refractivity contribution in [1.82, 2.24) is 0 Å². The molecular weight excluding hydrogens is 530 g/mol. The van der Waals surface area contributed by atoms with Crippen LogP contribution in [0.15, 0.2) is 157 Å². The van der Waals surface area contributed by atoms with Crippen molar-refractivity contribution in [3.8, 4) is 0 Å². The van der Waals surface area contributed by atoms with Crippen molar-refractivity contribution in [2.75, 3.05) is 4.90 Å². The van der Waals surface area contributed by atoms with Crippen molar-refractivity contribution in [1.29, 1.82) is 0 Å². The van der Waals surface area contributed by atoms with Crippen molar-refractivity contribution in [3.05, 3.63) is 180 Å². The summed E-state index contributed by atoms with van der Waals surface area (Å²) in [5.41, 5.74) is 12.3. The molecule has 5 aromatic carbocycles. The molecule has 1 unspecified atom stereocenters. The van der Waals surface area contributed by atoms with E-state index in [0.29, 0.717) is 11.8 Å². The average Bonchev–Trinajstić information content (AvgIpc) is 3.57. The van der Waals surface area contributed by atoms with Gasteiger partial charge in [-0.05, 0) is 94.5 Å². The SMILES string of the molecule is CC1C=CC2=C1C(C)(C)c1cc(N(c3ccccc3)c3ccccc3)ccc12.CC[C@@H](Cc1ccccc1)c1ccccc1. The summed E-state index contributed by atoms with van der Waals surface area (Å²) in [4.78, 5) is 2.35. The summed E-state index contributed by atoms with van der Waals surface area (Å²) in [6, 6.07) is 49.8. The highest BCUT2D eigenvalue weighted by atomic mass is 15.1. The molecule has 0 heterocycles. The van der Waals surface area contributed by atoms with Gasteiger partial charge in [-0.2, -0.15) is 0 Å². The number of hydrogen-bond donors (Lipinski definition) is 0. The second kappa shape index (κ2) is 12.9. The number of allylic oxidation sites excluding steroid dienone is 4. The van der Waals surface area contributed by atoms with E-state index in [1.165, 1.54) is 51.3 Å². The summed E-state index contributed by atoms with van der Waals surface area (Å²) in [5.74, 6) is 1.16. The molecule has 1 nitrogen and oxygen atoms in total. The minimum atomic E-state index is 0.0582. The molecule has 2 aliphatic carbocycles. The monoisotopic (exact) mass is 573 g/mol. The molecule has 0 N–H and O–H groups in total. The van der Waals surface area contributed by atoms with Crippen LogP contribution in [0.5, 0.6) is 0 Å². The van der Waals surface area contributed by atoms with Gasteiger partial charge in [0.2, 0.25) is 0 Å². The smallest absolute Gasteiger partial charge is 0.0465 e. The van der Waals surface area contributed by atoms with Crippen LogP contribution < -0.4 is 4.90 Å². The van der Waals surface area contributed by atoms with E-state index in [1.54, 1.807) is 5.57 Å². The maximum atomic E-state index is 2.40. The molecule has 0 bridgehead atoms. The fraction of sp³-hybridized carbons (Fsp3) is 0.209. The summed E-state index contributed by atoms with van der Waals surface area (Å²) in [7, 11) is 0. The highest BCUT2D eigenvalue weighted by Gasteiger charge is 2.41. The van der Waals surface area contributed by atoms with Crippen LogP contribution in [-0.4, -0.2) is 0 Å². The van der Waals surface area contributed by atoms with E-state index < -0.39 is 0 Å². The first-order valence-corrected chi connectivity index (χ1v) is 16.0. The highest BCUT2D eigenvalue weighted by Crippen LogP contribution is 2.53. The van der Waals surface area contributed by atoms with Crippen molar-refractivity contribution >= 4 is 22.6 Å². The minimum absolute atomic E-state index is 0.0582. The average molecular weight is 574 g/mol. The Morgan fingerprint density at radius 3 is 1.77 bits per heavy atom. The molecule has 44 heavy (non-hydrogen) atoms. The molecule has 7 rings (SSSR count). The van der Waals surface area contributed by atoms with Gasteiger partial charge in [0.25, 0.3) is 0 Å². The lowest BCUT2D eigenvalue weighted by Crippen LogP contribution is -2.21. The van der Waals surface area contributed by atoms with E-state index in [0.717, 1.165) is 6.42 Å². The second-order valence-corrected chi connectivity index (χ2v) is 12.5. The van der Waals surface area contributed by atoms with Gasteiger partial charge < -0.3 is 4.90 Å². The number of nitrogens with zero attached hydrogens (tertiary/aromatic N) is 1. The quantitative estimate of drug-likeness (QED) is 0.187. The van der Waals surface area contributed by atoms with E-state index in [4.69, 9.17) is 0 Å². The summed E-state index contributed by atoms with van der Waals surface area (Å²) in [6.07, 6.45) is 6.99. The van der Waals surface area contributed by atoms with Gasteiger partial charge in [-0.25, -0.2) is 0 Å². The fourth-order valence-electron chi connectivity index (χ4n) is 7.10. The van der Waals surface area contributed by atoms with Crippen molar-refractivity contribution < 1.29 is 0 Å². The third-order valence-electron chi connectivity index (χ3n) is 9.31. The van der Waals surface area contributed by atoms with Gasteiger partial charge >= 0.3 is 0 Å². The molecular formula is C43H43N. The molecule has 0 saturated heterocycles. The number of benzene rings is 5. The first-order valence-electron chi connectivity index (χ1n) is 16.0. The Labute approximate surface area is 264 Å². The van der Waals surface area contributed by atoms with Crippen LogP contribution in [0.1, 0.15) is 62.3 Å².